The lowest BCUT2D eigenvalue weighted by Gasteiger charge is -2.31. The van der Waals surface area contributed by atoms with E-state index in [1.54, 1.807) is 12.1 Å². The Balaban J connectivity index is 1.80. The van der Waals surface area contributed by atoms with Gasteiger partial charge in [-0.25, -0.2) is 4.39 Å². The predicted molar refractivity (Wildman–Crippen MR) is 80.2 cm³/mol. The van der Waals surface area contributed by atoms with E-state index >= 15 is 0 Å². The smallest absolute Gasteiger partial charge is 0.226 e. The minimum atomic E-state index is -0.221. The van der Waals surface area contributed by atoms with Crippen LogP contribution in [0.1, 0.15) is 37.8 Å². The molecule has 4 heteroatoms. The summed E-state index contributed by atoms with van der Waals surface area (Å²) in [6.45, 7) is 4.81. The van der Waals surface area contributed by atoms with Crippen LogP contribution in [0.4, 0.5) is 4.39 Å². The standard InChI is InChI=1S/C17H23FN2O/c1-12-9-16(14-3-2-4-15(18)10-14)20(11-12)17(21)13-5-7-19-8-6-13/h2-4,10,12-13,16,19H,5-9,11H2,1H3. The maximum absolute atomic E-state index is 13.5. The fourth-order valence-corrected chi connectivity index (χ4v) is 3.62. The largest absolute Gasteiger partial charge is 0.335 e. The number of rotatable bonds is 2. The first-order valence-electron chi connectivity index (χ1n) is 7.92. The molecule has 0 saturated carbocycles. The molecule has 2 unspecified atom stereocenters. The molecule has 0 spiro atoms. The summed E-state index contributed by atoms with van der Waals surface area (Å²) in [5, 5.41) is 3.30. The number of nitrogens with one attached hydrogen (secondary N) is 1. The van der Waals surface area contributed by atoms with Crippen molar-refractivity contribution in [3.63, 3.8) is 0 Å². The highest BCUT2D eigenvalue weighted by Gasteiger charge is 2.37. The van der Waals surface area contributed by atoms with Crippen molar-refractivity contribution < 1.29 is 9.18 Å². The van der Waals surface area contributed by atoms with Crippen LogP contribution in [0, 0.1) is 17.7 Å². The zero-order valence-electron chi connectivity index (χ0n) is 12.5. The average Bonchev–Trinajstić information content (AvgIpc) is 2.89. The summed E-state index contributed by atoms with van der Waals surface area (Å²) >= 11 is 0. The predicted octanol–water partition coefficient (Wildman–Crippen LogP) is 2.73. The lowest BCUT2D eigenvalue weighted by atomic mass is 9.95. The highest BCUT2D eigenvalue weighted by atomic mass is 19.1. The molecule has 114 valence electrons. The van der Waals surface area contributed by atoms with Gasteiger partial charge in [0.05, 0.1) is 6.04 Å². The number of carbonyl (C=O) groups is 1. The lowest BCUT2D eigenvalue weighted by molar-refractivity contribution is -0.137. The average molecular weight is 290 g/mol. The van der Waals surface area contributed by atoms with Crippen LogP contribution in [0.15, 0.2) is 24.3 Å². The molecule has 1 aromatic carbocycles. The molecule has 0 aromatic heterocycles. The van der Waals surface area contributed by atoms with E-state index in [0.29, 0.717) is 5.92 Å². The number of amides is 1. The number of piperidine rings is 1. The number of halogens is 1. The van der Waals surface area contributed by atoms with Gasteiger partial charge in [0.1, 0.15) is 5.82 Å². The van der Waals surface area contributed by atoms with Crippen LogP contribution < -0.4 is 5.32 Å². The molecule has 1 aromatic rings. The van der Waals surface area contributed by atoms with Gasteiger partial charge in [-0.15, -0.1) is 0 Å². The first-order valence-corrected chi connectivity index (χ1v) is 7.92. The summed E-state index contributed by atoms with van der Waals surface area (Å²) in [6, 6.07) is 6.75. The first kappa shape index (κ1) is 14.5. The highest BCUT2D eigenvalue weighted by molar-refractivity contribution is 5.79. The van der Waals surface area contributed by atoms with E-state index in [4.69, 9.17) is 0 Å². The minimum absolute atomic E-state index is 0.0399. The van der Waals surface area contributed by atoms with Gasteiger partial charge in [-0.05, 0) is 56.0 Å². The Morgan fingerprint density at radius 2 is 2.10 bits per heavy atom. The molecular weight excluding hydrogens is 267 g/mol. The summed E-state index contributed by atoms with van der Waals surface area (Å²) in [6.07, 6.45) is 2.76. The Morgan fingerprint density at radius 1 is 1.33 bits per heavy atom. The van der Waals surface area contributed by atoms with Crippen LogP contribution in [0.2, 0.25) is 0 Å². The number of likely N-dealkylation sites (tertiary alicyclic amines) is 1. The topological polar surface area (TPSA) is 32.3 Å². The van der Waals surface area contributed by atoms with E-state index in [2.05, 4.69) is 12.2 Å². The SMILES string of the molecule is CC1CC(c2cccc(F)c2)N(C(=O)C2CCNCC2)C1. The van der Waals surface area contributed by atoms with Gasteiger partial charge in [-0.1, -0.05) is 19.1 Å². The number of benzene rings is 1. The molecule has 0 radical (unpaired) electrons. The molecular formula is C17H23FN2O. The number of hydrogen-bond donors (Lipinski definition) is 1. The van der Waals surface area contributed by atoms with Gasteiger partial charge in [-0.2, -0.15) is 0 Å². The maximum atomic E-state index is 13.5. The number of hydrogen-bond acceptors (Lipinski definition) is 2. The number of carbonyl (C=O) groups excluding carboxylic acids is 1. The third-order valence-corrected chi connectivity index (χ3v) is 4.72. The van der Waals surface area contributed by atoms with Crippen LogP contribution in [0.25, 0.3) is 0 Å². The molecule has 2 saturated heterocycles. The van der Waals surface area contributed by atoms with Gasteiger partial charge in [0.2, 0.25) is 5.91 Å². The van der Waals surface area contributed by atoms with Gasteiger partial charge >= 0.3 is 0 Å². The van der Waals surface area contributed by atoms with E-state index in [9.17, 15) is 9.18 Å². The molecule has 1 N–H and O–H groups in total. The monoisotopic (exact) mass is 290 g/mol. The molecule has 3 rings (SSSR count). The van der Waals surface area contributed by atoms with Crippen LogP contribution >= 0.6 is 0 Å². The normalized spacial score (nSPS) is 27.0. The van der Waals surface area contributed by atoms with Gasteiger partial charge in [-0.3, -0.25) is 4.79 Å². The fraction of sp³-hybridized carbons (Fsp3) is 0.588. The third kappa shape index (κ3) is 3.10. The Bertz CT molecular complexity index is 513. The molecule has 2 atom stereocenters. The Morgan fingerprint density at radius 3 is 2.81 bits per heavy atom. The molecule has 0 bridgehead atoms. The molecule has 0 aliphatic carbocycles. The van der Waals surface area contributed by atoms with E-state index in [1.807, 2.05) is 11.0 Å². The number of nitrogens with zero attached hydrogens (tertiary/aromatic N) is 1. The van der Waals surface area contributed by atoms with Crippen molar-refractivity contribution in [3.05, 3.63) is 35.6 Å². The zero-order chi connectivity index (χ0) is 14.8. The summed E-state index contributed by atoms with van der Waals surface area (Å²) in [4.78, 5) is 14.8. The zero-order valence-corrected chi connectivity index (χ0v) is 12.5. The van der Waals surface area contributed by atoms with E-state index in [0.717, 1.165) is 44.5 Å². The van der Waals surface area contributed by atoms with Gasteiger partial charge in [0.25, 0.3) is 0 Å². The van der Waals surface area contributed by atoms with Crippen LogP contribution in [0.3, 0.4) is 0 Å². The third-order valence-electron chi connectivity index (χ3n) is 4.72. The summed E-state index contributed by atoms with van der Waals surface area (Å²) in [7, 11) is 0. The molecule has 3 nitrogen and oxygen atoms in total. The van der Waals surface area contributed by atoms with Crippen molar-refractivity contribution >= 4 is 5.91 Å². The van der Waals surface area contributed by atoms with Crippen LogP contribution in [0.5, 0.6) is 0 Å². The van der Waals surface area contributed by atoms with Crippen molar-refractivity contribution in [2.75, 3.05) is 19.6 Å². The molecule has 2 fully saturated rings. The highest BCUT2D eigenvalue weighted by Crippen LogP contribution is 2.37. The lowest BCUT2D eigenvalue weighted by Crippen LogP contribution is -2.41. The second-order valence-corrected chi connectivity index (χ2v) is 6.43. The molecule has 2 heterocycles. The quantitative estimate of drug-likeness (QED) is 0.908. The summed E-state index contributed by atoms with van der Waals surface area (Å²) in [5.74, 6) is 0.646. The van der Waals surface area contributed by atoms with Crippen molar-refractivity contribution in [1.29, 1.82) is 0 Å². The first-order chi connectivity index (χ1) is 10.1. The van der Waals surface area contributed by atoms with Crippen LogP contribution in [-0.4, -0.2) is 30.4 Å². The van der Waals surface area contributed by atoms with Crippen molar-refractivity contribution in [3.8, 4) is 0 Å². The summed E-state index contributed by atoms with van der Waals surface area (Å²) in [5.41, 5.74) is 0.932. The van der Waals surface area contributed by atoms with Gasteiger partial charge < -0.3 is 10.2 Å². The Labute approximate surface area is 125 Å². The Kier molecular flexibility index (Phi) is 4.24. The van der Waals surface area contributed by atoms with E-state index < -0.39 is 0 Å². The molecule has 2 aliphatic heterocycles. The second-order valence-electron chi connectivity index (χ2n) is 6.43. The summed E-state index contributed by atoms with van der Waals surface area (Å²) < 4.78 is 13.5. The molecule has 2 aliphatic rings. The van der Waals surface area contributed by atoms with E-state index in [-0.39, 0.29) is 23.7 Å². The van der Waals surface area contributed by atoms with Crippen molar-refractivity contribution in [2.24, 2.45) is 11.8 Å². The second kappa shape index (κ2) is 6.14. The fourth-order valence-electron chi connectivity index (χ4n) is 3.62. The Hall–Kier alpha value is -1.42. The molecule has 21 heavy (non-hydrogen) atoms. The maximum Gasteiger partial charge on any atom is 0.226 e. The van der Waals surface area contributed by atoms with E-state index in [1.165, 1.54) is 6.07 Å². The van der Waals surface area contributed by atoms with Gasteiger partial charge in [0, 0.05) is 12.5 Å². The minimum Gasteiger partial charge on any atom is -0.335 e. The van der Waals surface area contributed by atoms with Gasteiger partial charge in [0.15, 0.2) is 0 Å². The van der Waals surface area contributed by atoms with Crippen molar-refractivity contribution in [1.82, 2.24) is 10.2 Å². The van der Waals surface area contributed by atoms with Crippen LogP contribution in [-0.2, 0) is 4.79 Å². The molecule has 1 amide bonds. The van der Waals surface area contributed by atoms with Crippen molar-refractivity contribution in [2.45, 2.75) is 32.2 Å².